The van der Waals surface area contributed by atoms with Crippen molar-refractivity contribution < 1.29 is 19.1 Å². The summed E-state index contributed by atoms with van der Waals surface area (Å²) in [7, 11) is 2.42. The van der Waals surface area contributed by atoms with Gasteiger partial charge in [-0.05, 0) is 0 Å². The average molecular weight is 303 g/mol. The van der Waals surface area contributed by atoms with Crippen LogP contribution in [0.3, 0.4) is 0 Å². The second kappa shape index (κ2) is 6.97. The normalized spacial score (nSPS) is 9.73. The summed E-state index contributed by atoms with van der Waals surface area (Å²) in [6.45, 7) is 0. The molecule has 2 N–H and O–H groups in total. The molecule has 1 heterocycles. The molecule has 0 atom stereocenters. The van der Waals surface area contributed by atoms with E-state index in [2.05, 4.69) is 35.1 Å². The minimum atomic E-state index is -0.741. The largest absolute Gasteiger partial charge is 0.453 e. The van der Waals surface area contributed by atoms with Crippen molar-refractivity contribution in [2.45, 2.75) is 0 Å². The molecule has 1 aromatic carbocycles. The highest BCUT2D eigenvalue weighted by molar-refractivity contribution is 5.84. The standard InChI is InChI=1S/C13H13N5O4/c1-21-12(19)17-10-14-9(8-6-4-3-5-7-8)15-11(16-10)18-13(20)22-2/h3-7H,1-2H3,(H2,14,15,16,17,18,19,20). The lowest BCUT2D eigenvalue weighted by Crippen LogP contribution is -2.18. The van der Waals surface area contributed by atoms with Crippen molar-refractivity contribution >= 4 is 24.1 Å². The van der Waals surface area contributed by atoms with Crippen molar-refractivity contribution in [1.29, 1.82) is 0 Å². The van der Waals surface area contributed by atoms with Crippen molar-refractivity contribution in [3.8, 4) is 11.4 Å². The fourth-order valence-electron chi connectivity index (χ4n) is 1.49. The average Bonchev–Trinajstić information content (AvgIpc) is 2.55. The maximum Gasteiger partial charge on any atom is 0.413 e. The Kier molecular flexibility index (Phi) is 4.81. The first-order valence-electron chi connectivity index (χ1n) is 6.14. The van der Waals surface area contributed by atoms with E-state index in [-0.39, 0.29) is 17.7 Å². The van der Waals surface area contributed by atoms with Crippen LogP contribution in [0.1, 0.15) is 0 Å². The maximum atomic E-state index is 11.3. The van der Waals surface area contributed by atoms with Crippen molar-refractivity contribution in [3.05, 3.63) is 30.3 Å². The zero-order valence-corrected chi connectivity index (χ0v) is 11.9. The first kappa shape index (κ1) is 15.2. The van der Waals surface area contributed by atoms with Crippen LogP contribution >= 0.6 is 0 Å². The molecule has 0 aliphatic rings. The van der Waals surface area contributed by atoms with Gasteiger partial charge >= 0.3 is 12.2 Å². The Hall–Kier alpha value is -3.23. The molecule has 1 aromatic heterocycles. The molecule has 2 rings (SSSR count). The van der Waals surface area contributed by atoms with Crippen LogP contribution < -0.4 is 10.6 Å². The summed E-state index contributed by atoms with van der Waals surface area (Å²) in [5.41, 5.74) is 0.686. The lowest BCUT2D eigenvalue weighted by atomic mass is 10.2. The van der Waals surface area contributed by atoms with Gasteiger partial charge in [-0.3, -0.25) is 10.6 Å². The van der Waals surface area contributed by atoms with Gasteiger partial charge in [0.15, 0.2) is 5.82 Å². The number of anilines is 2. The van der Waals surface area contributed by atoms with E-state index in [1.165, 1.54) is 14.2 Å². The quantitative estimate of drug-likeness (QED) is 0.889. The number of nitrogens with one attached hydrogen (secondary N) is 2. The van der Waals surface area contributed by atoms with Gasteiger partial charge in [0.2, 0.25) is 11.9 Å². The van der Waals surface area contributed by atoms with E-state index >= 15 is 0 Å². The molecule has 0 radical (unpaired) electrons. The Morgan fingerprint density at radius 2 is 1.36 bits per heavy atom. The number of rotatable bonds is 3. The second-order valence-electron chi connectivity index (χ2n) is 3.91. The molecule has 0 saturated heterocycles. The lowest BCUT2D eigenvalue weighted by molar-refractivity contribution is 0.186. The van der Waals surface area contributed by atoms with Crippen molar-refractivity contribution in [3.63, 3.8) is 0 Å². The van der Waals surface area contributed by atoms with Crippen molar-refractivity contribution in [2.24, 2.45) is 0 Å². The minimum absolute atomic E-state index is 0.0629. The molecule has 0 unspecified atom stereocenters. The molecule has 0 spiro atoms. The lowest BCUT2D eigenvalue weighted by Gasteiger charge is -2.08. The first-order chi connectivity index (χ1) is 10.6. The monoisotopic (exact) mass is 303 g/mol. The van der Waals surface area contributed by atoms with Gasteiger partial charge in [0.1, 0.15) is 0 Å². The first-order valence-corrected chi connectivity index (χ1v) is 6.14. The molecule has 0 fully saturated rings. The highest BCUT2D eigenvalue weighted by Gasteiger charge is 2.13. The molecular formula is C13H13N5O4. The van der Waals surface area contributed by atoms with Gasteiger partial charge in [0, 0.05) is 5.56 Å². The third-order valence-electron chi connectivity index (χ3n) is 2.47. The topological polar surface area (TPSA) is 115 Å². The second-order valence-corrected chi connectivity index (χ2v) is 3.91. The zero-order valence-electron chi connectivity index (χ0n) is 11.9. The number of hydrogen-bond acceptors (Lipinski definition) is 7. The molecule has 9 nitrogen and oxygen atoms in total. The van der Waals surface area contributed by atoms with Crippen LogP contribution in [0, 0.1) is 0 Å². The van der Waals surface area contributed by atoms with Crippen LogP contribution in [-0.2, 0) is 9.47 Å². The smallest absolute Gasteiger partial charge is 0.413 e. The van der Waals surface area contributed by atoms with Gasteiger partial charge in [-0.15, -0.1) is 0 Å². The molecule has 0 aliphatic carbocycles. The van der Waals surface area contributed by atoms with E-state index in [4.69, 9.17) is 0 Å². The Morgan fingerprint density at radius 3 is 1.82 bits per heavy atom. The third-order valence-corrected chi connectivity index (χ3v) is 2.47. The third kappa shape index (κ3) is 3.88. The van der Waals surface area contributed by atoms with Crippen LogP contribution in [0.5, 0.6) is 0 Å². The van der Waals surface area contributed by atoms with Crippen LogP contribution in [-0.4, -0.2) is 41.4 Å². The number of nitrogens with zero attached hydrogens (tertiary/aromatic N) is 3. The zero-order chi connectivity index (χ0) is 15.9. The fourth-order valence-corrected chi connectivity index (χ4v) is 1.49. The summed E-state index contributed by atoms with van der Waals surface area (Å²) in [6.07, 6.45) is -1.48. The molecular weight excluding hydrogens is 290 g/mol. The van der Waals surface area contributed by atoms with E-state index in [0.717, 1.165) is 0 Å². The van der Waals surface area contributed by atoms with Crippen molar-refractivity contribution in [2.75, 3.05) is 24.9 Å². The number of benzene rings is 1. The number of amides is 2. The predicted octanol–water partition coefficient (Wildman–Crippen LogP) is 1.90. The molecule has 0 aliphatic heterocycles. The number of carbonyl (C=O) groups is 2. The van der Waals surface area contributed by atoms with Gasteiger partial charge in [-0.1, -0.05) is 30.3 Å². The number of carbonyl (C=O) groups excluding carboxylic acids is 2. The molecule has 2 aromatic rings. The highest BCUT2D eigenvalue weighted by Crippen LogP contribution is 2.17. The molecule has 0 saturated carbocycles. The molecule has 9 heteroatoms. The highest BCUT2D eigenvalue weighted by atomic mass is 16.5. The molecule has 2 amide bonds. The van der Waals surface area contributed by atoms with Crippen LogP contribution in [0.2, 0.25) is 0 Å². The van der Waals surface area contributed by atoms with Crippen LogP contribution in [0.4, 0.5) is 21.5 Å². The number of methoxy groups -OCH3 is 2. The predicted molar refractivity (Wildman–Crippen MR) is 77.3 cm³/mol. The summed E-state index contributed by atoms with van der Waals surface area (Å²) >= 11 is 0. The molecule has 114 valence electrons. The summed E-state index contributed by atoms with van der Waals surface area (Å²) in [5, 5.41) is 4.64. The van der Waals surface area contributed by atoms with Gasteiger partial charge in [0.05, 0.1) is 14.2 Å². The van der Waals surface area contributed by atoms with E-state index < -0.39 is 12.2 Å². The van der Waals surface area contributed by atoms with Gasteiger partial charge < -0.3 is 9.47 Å². The summed E-state index contributed by atoms with van der Waals surface area (Å²) < 4.78 is 8.96. The summed E-state index contributed by atoms with van der Waals surface area (Å²) in [4.78, 5) is 34.6. The Morgan fingerprint density at radius 1 is 0.864 bits per heavy atom. The maximum absolute atomic E-state index is 11.3. The minimum Gasteiger partial charge on any atom is -0.453 e. The Balaban J connectivity index is 2.39. The SMILES string of the molecule is COC(=O)Nc1nc(NC(=O)OC)nc(-c2ccccc2)n1. The number of hydrogen-bond donors (Lipinski definition) is 2. The molecule has 22 heavy (non-hydrogen) atoms. The van der Waals surface area contributed by atoms with Gasteiger partial charge in [0.25, 0.3) is 0 Å². The van der Waals surface area contributed by atoms with E-state index in [1.807, 2.05) is 6.07 Å². The van der Waals surface area contributed by atoms with Gasteiger partial charge in [-0.2, -0.15) is 15.0 Å². The molecule has 0 bridgehead atoms. The summed E-state index contributed by atoms with van der Waals surface area (Å²) in [6, 6.07) is 9.00. The van der Waals surface area contributed by atoms with Crippen molar-refractivity contribution in [1.82, 2.24) is 15.0 Å². The van der Waals surface area contributed by atoms with E-state index in [9.17, 15) is 9.59 Å². The van der Waals surface area contributed by atoms with Gasteiger partial charge in [-0.25, -0.2) is 9.59 Å². The Labute approximate surface area is 125 Å². The fraction of sp³-hybridized carbons (Fsp3) is 0.154. The van der Waals surface area contributed by atoms with Crippen LogP contribution in [0.25, 0.3) is 11.4 Å². The summed E-state index contributed by atoms with van der Waals surface area (Å²) in [5.74, 6) is 0.146. The van der Waals surface area contributed by atoms with Crippen LogP contribution in [0.15, 0.2) is 30.3 Å². The Bertz CT molecular complexity index is 641. The number of aromatic nitrogens is 3. The number of ether oxygens (including phenoxy) is 2. The van der Waals surface area contributed by atoms with E-state index in [0.29, 0.717) is 5.56 Å². The van der Waals surface area contributed by atoms with E-state index in [1.54, 1.807) is 24.3 Å².